The fourth-order valence-electron chi connectivity index (χ4n) is 2.95. The highest BCUT2D eigenvalue weighted by atomic mass is 79.9. The van der Waals surface area contributed by atoms with E-state index < -0.39 is 0 Å². The molecule has 0 amide bonds. The summed E-state index contributed by atoms with van der Waals surface area (Å²) in [4.78, 5) is 2.40. The minimum absolute atomic E-state index is 0.389. The third-order valence-corrected chi connectivity index (χ3v) is 4.68. The Balaban J connectivity index is 1.47. The monoisotopic (exact) mass is 372 g/mol. The lowest BCUT2D eigenvalue weighted by atomic mass is 10.2. The molecule has 1 aliphatic rings. The maximum atomic E-state index is 4.56. The van der Waals surface area contributed by atoms with E-state index in [1.807, 2.05) is 19.1 Å². The molecule has 23 heavy (non-hydrogen) atoms. The van der Waals surface area contributed by atoms with Crippen LogP contribution >= 0.6 is 15.9 Å². The van der Waals surface area contributed by atoms with E-state index in [-0.39, 0.29) is 0 Å². The van der Waals surface area contributed by atoms with Crippen molar-refractivity contribution < 1.29 is 0 Å². The molecule has 0 saturated carbocycles. The number of aryl methyl sites for hydroxylation is 1. The van der Waals surface area contributed by atoms with Crippen molar-refractivity contribution in [3.63, 3.8) is 0 Å². The van der Waals surface area contributed by atoms with Crippen LogP contribution in [0, 0.1) is 6.92 Å². The minimum atomic E-state index is 0.389. The van der Waals surface area contributed by atoms with E-state index in [4.69, 9.17) is 0 Å². The van der Waals surface area contributed by atoms with Gasteiger partial charge in [0.1, 0.15) is 5.82 Å². The van der Waals surface area contributed by atoms with Gasteiger partial charge < -0.3 is 10.2 Å². The maximum absolute atomic E-state index is 4.56. The van der Waals surface area contributed by atoms with Gasteiger partial charge in [0.25, 0.3) is 0 Å². The molecular formula is C16H17BrN6. The average Bonchev–Trinajstić information content (AvgIpc) is 3.16. The van der Waals surface area contributed by atoms with Gasteiger partial charge in [-0.1, -0.05) is 15.9 Å². The van der Waals surface area contributed by atoms with Crippen molar-refractivity contribution in [2.24, 2.45) is 0 Å². The zero-order chi connectivity index (χ0) is 15.8. The molecule has 1 N–H and O–H groups in total. The van der Waals surface area contributed by atoms with Gasteiger partial charge in [-0.3, -0.25) is 0 Å². The first kappa shape index (κ1) is 14.4. The topological polar surface area (TPSA) is 58.4 Å². The van der Waals surface area contributed by atoms with Crippen molar-refractivity contribution in [3.05, 3.63) is 46.7 Å². The molecule has 1 aliphatic heterocycles. The molecule has 1 atom stereocenters. The highest BCUT2D eigenvalue weighted by Crippen LogP contribution is 2.23. The molecule has 0 radical (unpaired) electrons. The Bertz CT molecular complexity index is 828. The summed E-state index contributed by atoms with van der Waals surface area (Å²) in [6.07, 6.45) is 1.09. The Morgan fingerprint density at radius 1 is 1.13 bits per heavy atom. The van der Waals surface area contributed by atoms with Crippen molar-refractivity contribution in [3.8, 4) is 0 Å². The number of halogens is 1. The Hall–Kier alpha value is -2.15. The van der Waals surface area contributed by atoms with Crippen molar-refractivity contribution in [1.82, 2.24) is 19.8 Å². The summed E-state index contributed by atoms with van der Waals surface area (Å²) >= 11 is 3.48. The smallest absolute Gasteiger partial charge is 0.178 e. The first-order valence-electron chi connectivity index (χ1n) is 7.65. The number of nitrogens with one attached hydrogen (secondary N) is 1. The highest BCUT2D eigenvalue weighted by molar-refractivity contribution is 9.10. The first-order valence-corrected chi connectivity index (χ1v) is 8.44. The fourth-order valence-corrected chi connectivity index (χ4v) is 3.21. The summed E-state index contributed by atoms with van der Waals surface area (Å²) in [5.41, 5.74) is 2.03. The van der Waals surface area contributed by atoms with Gasteiger partial charge in [0.15, 0.2) is 11.5 Å². The van der Waals surface area contributed by atoms with Gasteiger partial charge in [-0.2, -0.15) is 4.52 Å². The molecule has 0 spiro atoms. The second-order valence-electron chi connectivity index (χ2n) is 5.79. The maximum Gasteiger partial charge on any atom is 0.178 e. The van der Waals surface area contributed by atoms with Gasteiger partial charge in [-0.05, 0) is 49.7 Å². The molecule has 6 nitrogen and oxygen atoms in total. The third kappa shape index (κ3) is 2.88. The third-order valence-electron chi connectivity index (χ3n) is 4.15. The summed E-state index contributed by atoms with van der Waals surface area (Å²) in [6.45, 7) is 3.93. The zero-order valence-corrected chi connectivity index (χ0v) is 14.4. The second kappa shape index (κ2) is 5.81. The van der Waals surface area contributed by atoms with E-state index in [9.17, 15) is 0 Å². The predicted molar refractivity (Wildman–Crippen MR) is 93.9 cm³/mol. The molecular weight excluding hydrogens is 356 g/mol. The number of benzene rings is 1. The molecule has 1 saturated heterocycles. The molecule has 3 aromatic rings. The molecule has 3 heterocycles. The molecule has 2 aromatic heterocycles. The number of hydrogen-bond acceptors (Lipinski definition) is 5. The molecule has 0 bridgehead atoms. The first-order chi connectivity index (χ1) is 11.2. The van der Waals surface area contributed by atoms with Crippen molar-refractivity contribution >= 4 is 33.1 Å². The van der Waals surface area contributed by atoms with E-state index in [1.54, 1.807) is 4.52 Å². The van der Waals surface area contributed by atoms with Crippen LogP contribution in [0.25, 0.3) is 5.65 Å². The Kier molecular flexibility index (Phi) is 3.65. The van der Waals surface area contributed by atoms with Crippen LogP contribution in [0.2, 0.25) is 0 Å². The minimum Gasteiger partial charge on any atom is -0.369 e. The van der Waals surface area contributed by atoms with E-state index in [2.05, 4.69) is 65.7 Å². The number of aromatic nitrogens is 4. The molecule has 4 rings (SSSR count). The van der Waals surface area contributed by atoms with Crippen LogP contribution in [0.1, 0.15) is 12.2 Å². The van der Waals surface area contributed by atoms with Crippen LogP contribution < -0.4 is 10.2 Å². The largest absolute Gasteiger partial charge is 0.369 e. The van der Waals surface area contributed by atoms with Crippen molar-refractivity contribution in [2.45, 2.75) is 19.4 Å². The fraction of sp³-hybridized carbons (Fsp3) is 0.312. The lowest BCUT2D eigenvalue weighted by molar-refractivity contribution is 0.783. The van der Waals surface area contributed by atoms with Crippen LogP contribution in [0.15, 0.2) is 40.9 Å². The van der Waals surface area contributed by atoms with Gasteiger partial charge >= 0.3 is 0 Å². The SMILES string of the molecule is Cc1nnc2ccc(NC3CCN(c4ccc(Br)cc4)C3)nn12. The number of anilines is 2. The van der Waals surface area contributed by atoms with Gasteiger partial charge in [-0.15, -0.1) is 15.3 Å². The molecule has 118 valence electrons. The van der Waals surface area contributed by atoms with Gasteiger partial charge in [0, 0.05) is 29.3 Å². The van der Waals surface area contributed by atoms with Crippen LogP contribution in [-0.4, -0.2) is 38.9 Å². The number of nitrogens with zero attached hydrogens (tertiary/aromatic N) is 5. The number of rotatable bonds is 3. The lowest BCUT2D eigenvalue weighted by Gasteiger charge is -2.19. The Labute approximate surface area is 142 Å². The molecule has 7 heteroatoms. The number of hydrogen-bond donors (Lipinski definition) is 1. The summed E-state index contributed by atoms with van der Waals surface area (Å²) < 4.78 is 2.88. The van der Waals surface area contributed by atoms with Crippen LogP contribution in [-0.2, 0) is 0 Å². The summed E-state index contributed by atoms with van der Waals surface area (Å²) in [5, 5.41) is 16.2. The lowest BCUT2D eigenvalue weighted by Crippen LogP contribution is -2.26. The summed E-state index contributed by atoms with van der Waals surface area (Å²) in [6, 6.07) is 12.8. The predicted octanol–water partition coefficient (Wildman–Crippen LogP) is 2.89. The standard InChI is InChI=1S/C16H17BrN6/c1-11-19-20-16-7-6-15(21-23(11)16)18-13-8-9-22(10-13)14-4-2-12(17)3-5-14/h2-7,13H,8-10H2,1H3,(H,18,21). The van der Waals surface area contributed by atoms with Gasteiger partial charge in [0.05, 0.1) is 0 Å². The van der Waals surface area contributed by atoms with E-state index in [1.165, 1.54) is 5.69 Å². The van der Waals surface area contributed by atoms with Crippen LogP contribution in [0.4, 0.5) is 11.5 Å². The van der Waals surface area contributed by atoms with Gasteiger partial charge in [0.2, 0.25) is 0 Å². The Morgan fingerprint density at radius 3 is 2.78 bits per heavy atom. The average molecular weight is 373 g/mol. The second-order valence-corrected chi connectivity index (χ2v) is 6.70. The molecule has 0 aliphatic carbocycles. The Morgan fingerprint density at radius 2 is 1.96 bits per heavy atom. The normalized spacial score (nSPS) is 17.8. The zero-order valence-electron chi connectivity index (χ0n) is 12.8. The number of fused-ring (bicyclic) bond motifs is 1. The molecule has 1 fully saturated rings. The van der Waals surface area contributed by atoms with Crippen LogP contribution in [0.5, 0.6) is 0 Å². The summed E-state index contributed by atoms with van der Waals surface area (Å²) in [5.74, 6) is 1.66. The van der Waals surface area contributed by atoms with Crippen molar-refractivity contribution in [1.29, 1.82) is 0 Å². The summed E-state index contributed by atoms with van der Waals surface area (Å²) in [7, 11) is 0. The highest BCUT2D eigenvalue weighted by Gasteiger charge is 2.23. The molecule has 1 aromatic carbocycles. The van der Waals surface area contributed by atoms with E-state index in [0.717, 1.165) is 41.3 Å². The van der Waals surface area contributed by atoms with Gasteiger partial charge in [-0.25, -0.2) is 0 Å². The van der Waals surface area contributed by atoms with Crippen molar-refractivity contribution in [2.75, 3.05) is 23.3 Å². The van der Waals surface area contributed by atoms with Crippen LogP contribution in [0.3, 0.4) is 0 Å². The quantitative estimate of drug-likeness (QED) is 0.765. The molecule has 1 unspecified atom stereocenters. The van der Waals surface area contributed by atoms with E-state index in [0.29, 0.717) is 6.04 Å². The van der Waals surface area contributed by atoms with E-state index >= 15 is 0 Å².